The zero-order chi connectivity index (χ0) is 25.1. The Bertz CT molecular complexity index is 1240. The number of aliphatic hydroxyl groups is 1. The zero-order valence-electron chi connectivity index (χ0n) is 20.2. The number of rotatable bonds is 9. The van der Waals surface area contributed by atoms with E-state index in [0.29, 0.717) is 12.1 Å². The average molecular weight is 483 g/mol. The Morgan fingerprint density at radius 2 is 1.50 bits per heavy atom. The minimum atomic E-state index is -1.24. The highest BCUT2D eigenvalue weighted by atomic mass is 16.3. The molecule has 0 bridgehead atoms. The molecule has 184 valence electrons. The van der Waals surface area contributed by atoms with Gasteiger partial charge in [-0.3, -0.25) is 19.3 Å². The fraction of sp³-hybridized carbons (Fsp3) is 0.300. The molecular weight excluding hydrogens is 452 g/mol. The van der Waals surface area contributed by atoms with Crippen LogP contribution in [0.15, 0.2) is 84.9 Å². The first-order chi connectivity index (χ1) is 17.5. The quantitative estimate of drug-likeness (QED) is 0.469. The second-order valence-electron chi connectivity index (χ2n) is 9.70. The third kappa shape index (κ3) is 4.69. The molecule has 0 radical (unpaired) electrons. The Hall–Kier alpha value is -3.77. The minimum Gasteiger partial charge on any atom is -0.395 e. The number of imide groups is 1. The van der Waals surface area contributed by atoms with Crippen LogP contribution in [0.25, 0.3) is 11.1 Å². The molecule has 5 rings (SSSR count). The Morgan fingerprint density at radius 1 is 0.889 bits per heavy atom. The van der Waals surface area contributed by atoms with Gasteiger partial charge in [-0.15, -0.1) is 0 Å². The van der Waals surface area contributed by atoms with E-state index in [1.165, 1.54) is 4.90 Å². The molecule has 1 unspecified atom stereocenters. The second kappa shape index (κ2) is 10.1. The monoisotopic (exact) mass is 482 g/mol. The van der Waals surface area contributed by atoms with Gasteiger partial charge in [-0.25, -0.2) is 0 Å². The number of benzene rings is 3. The van der Waals surface area contributed by atoms with Gasteiger partial charge in [0.05, 0.1) is 12.0 Å². The summed E-state index contributed by atoms with van der Waals surface area (Å²) >= 11 is 0. The van der Waals surface area contributed by atoms with Gasteiger partial charge >= 0.3 is 0 Å². The van der Waals surface area contributed by atoms with Gasteiger partial charge in [-0.05, 0) is 35.1 Å². The highest BCUT2D eigenvalue weighted by molar-refractivity contribution is 6.11. The summed E-state index contributed by atoms with van der Waals surface area (Å²) in [6.45, 7) is 0.307. The highest BCUT2D eigenvalue weighted by Crippen LogP contribution is 2.45. The van der Waals surface area contributed by atoms with Crippen molar-refractivity contribution < 1.29 is 19.5 Å². The summed E-state index contributed by atoms with van der Waals surface area (Å²) in [5.41, 5.74) is 2.44. The standard InChI is InChI=1S/C30H30N2O4/c33-18-17-31(21-22-7-3-1-4-8-22)27(34)19-30(20-28(35)32(29(30)36)26-15-16-26)25-13-11-24(12-14-25)23-9-5-2-6-10-23/h1-14,26,33H,15-21H2. The summed E-state index contributed by atoms with van der Waals surface area (Å²) in [5.74, 6) is -0.738. The molecule has 1 heterocycles. The first-order valence-corrected chi connectivity index (χ1v) is 12.5. The number of nitrogens with zero attached hydrogens (tertiary/aromatic N) is 2. The molecular formula is C30H30N2O4. The van der Waals surface area contributed by atoms with E-state index in [4.69, 9.17) is 0 Å². The van der Waals surface area contributed by atoms with Gasteiger partial charge in [0.2, 0.25) is 17.7 Å². The van der Waals surface area contributed by atoms with Gasteiger partial charge in [-0.2, -0.15) is 0 Å². The van der Waals surface area contributed by atoms with Crippen molar-refractivity contribution >= 4 is 17.7 Å². The maximum atomic E-state index is 13.8. The lowest BCUT2D eigenvalue weighted by Crippen LogP contribution is -2.44. The van der Waals surface area contributed by atoms with Crippen LogP contribution in [0.5, 0.6) is 0 Å². The summed E-state index contributed by atoms with van der Waals surface area (Å²) in [6, 6.07) is 27.1. The second-order valence-corrected chi connectivity index (χ2v) is 9.70. The molecule has 2 aliphatic rings. The van der Waals surface area contributed by atoms with Gasteiger partial charge in [0, 0.05) is 32.0 Å². The van der Waals surface area contributed by atoms with E-state index in [-0.39, 0.29) is 49.8 Å². The number of carbonyl (C=O) groups excluding carboxylic acids is 3. The van der Waals surface area contributed by atoms with Crippen LogP contribution in [0, 0.1) is 0 Å². The number of amides is 3. The Kier molecular flexibility index (Phi) is 6.70. The summed E-state index contributed by atoms with van der Waals surface area (Å²) in [4.78, 5) is 43.5. The molecule has 6 heteroatoms. The van der Waals surface area contributed by atoms with E-state index < -0.39 is 5.41 Å². The molecule has 0 aromatic heterocycles. The summed E-state index contributed by atoms with van der Waals surface area (Å²) in [7, 11) is 0. The molecule has 3 amide bonds. The molecule has 1 aliphatic carbocycles. The minimum absolute atomic E-state index is 0.0168. The molecule has 1 saturated carbocycles. The average Bonchev–Trinajstić information content (AvgIpc) is 3.70. The van der Waals surface area contributed by atoms with Gasteiger partial charge in [0.1, 0.15) is 0 Å². The van der Waals surface area contributed by atoms with Gasteiger partial charge in [-0.1, -0.05) is 84.9 Å². The lowest BCUT2D eigenvalue weighted by atomic mass is 9.75. The van der Waals surface area contributed by atoms with Crippen molar-refractivity contribution in [2.75, 3.05) is 13.2 Å². The molecule has 0 spiro atoms. The van der Waals surface area contributed by atoms with Crippen molar-refractivity contribution in [1.82, 2.24) is 9.80 Å². The van der Waals surface area contributed by atoms with Crippen molar-refractivity contribution in [2.45, 2.75) is 43.7 Å². The number of hydrogen-bond donors (Lipinski definition) is 1. The van der Waals surface area contributed by atoms with Crippen LogP contribution in [-0.4, -0.2) is 51.8 Å². The maximum absolute atomic E-state index is 13.8. The van der Waals surface area contributed by atoms with Crippen LogP contribution in [0.1, 0.15) is 36.8 Å². The van der Waals surface area contributed by atoms with E-state index >= 15 is 0 Å². The Balaban J connectivity index is 1.47. The number of hydrogen-bond acceptors (Lipinski definition) is 4. The highest BCUT2D eigenvalue weighted by Gasteiger charge is 2.57. The van der Waals surface area contributed by atoms with Gasteiger partial charge in [0.15, 0.2) is 0 Å². The third-order valence-electron chi connectivity index (χ3n) is 7.20. The topological polar surface area (TPSA) is 77.9 Å². The fourth-order valence-electron chi connectivity index (χ4n) is 5.13. The summed E-state index contributed by atoms with van der Waals surface area (Å²) in [5, 5.41) is 9.64. The normalized spacial score (nSPS) is 19.5. The maximum Gasteiger partial charge on any atom is 0.241 e. The summed E-state index contributed by atoms with van der Waals surface area (Å²) < 4.78 is 0. The van der Waals surface area contributed by atoms with Crippen LogP contribution < -0.4 is 0 Å². The van der Waals surface area contributed by atoms with Crippen molar-refractivity contribution in [3.8, 4) is 11.1 Å². The molecule has 1 atom stereocenters. The van der Waals surface area contributed by atoms with E-state index in [2.05, 4.69) is 0 Å². The van der Waals surface area contributed by atoms with E-state index in [0.717, 1.165) is 29.5 Å². The lowest BCUT2D eigenvalue weighted by Gasteiger charge is -2.31. The van der Waals surface area contributed by atoms with Crippen LogP contribution in [0.2, 0.25) is 0 Å². The van der Waals surface area contributed by atoms with Gasteiger partial charge < -0.3 is 10.0 Å². The number of likely N-dealkylation sites (tertiary alicyclic amines) is 1. The molecule has 3 aromatic rings. The molecule has 1 saturated heterocycles. The molecule has 36 heavy (non-hydrogen) atoms. The van der Waals surface area contributed by atoms with Crippen LogP contribution in [0.3, 0.4) is 0 Å². The van der Waals surface area contributed by atoms with Crippen molar-refractivity contribution in [3.05, 3.63) is 96.1 Å². The summed E-state index contributed by atoms with van der Waals surface area (Å²) in [6.07, 6.45) is 1.51. The molecule has 1 aliphatic heterocycles. The zero-order valence-corrected chi connectivity index (χ0v) is 20.2. The van der Waals surface area contributed by atoms with Crippen LogP contribution >= 0.6 is 0 Å². The molecule has 2 fully saturated rings. The van der Waals surface area contributed by atoms with E-state index in [1.54, 1.807) is 4.90 Å². The first-order valence-electron chi connectivity index (χ1n) is 12.5. The predicted molar refractivity (Wildman–Crippen MR) is 137 cm³/mol. The van der Waals surface area contributed by atoms with Crippen molar-refractivity contribution in [3.63, 3.8) is 0 Å². The Labute approximate surface area is 211 Å². The van der Waals surface area contributed by atoms with Crippen LogP contribution in [0.4, 0.5) is 0 Å². The number of aliphatic hydroxyl groups excluding tert-OH is 1. The van der Waals surface area contributed by atoms with E-state index in [1.807, 2.05) is 84.9 Å². The predicted octanol–water partition coefficient (Wildman–Crippen LogP) is 3.92. The Morgan fingerprint density at radius 3 is 2.11 bits per heavy atom. The van der Waals surface area contributed by atoms with Crippen LogP contribution in [-0.2, 0) is 26.3 Å². The first kappa shape index (κ1) is 23.9. The van der Waals surface area contributed by atoms with Crippen molar-refractivity contribution in [2.24, 2.45) is 0 Å². The molecule has 1 N–H and O–H groups in total. The lowest BCUT2D eigenvalue weighted by molar-refractivity contribution is -0.143. The largest absolute Gasteiger partial charge is 0.395 e. The smallest absolute Gasteiger partial charge is 0.241 e. The molecule has 6 nitrogen and oxygen atoms in total. The van der Waals surface area contributed by atoms with E-state index in [9.17, 15) is 19.5 Å². The van der Waals surface area contributed by atoms with Crippen molar-refractivity contribution in [1.29, 1.82) is 0 Å². The molecule has 3 aromatic carbocycles. The third-order valence-corrected chi connectivity index (χ3v) is 7.20. The fourth-order valence-corrected chi connectivity index (χ4v) is 5.13. The van der Waals surface area contributed by atoms with Gasteiger partial charge in [0.25, 0.3) is 0 Å². The number of carbonyl (C=O) groups is 3. The SMILES string of the molecule is O=C(CC1(c2ccc(-c3ccccc3)cc2)CC(=O)N(C2CC2)C1=O)N(CCO)Cc1ccccc1.